The fourth-order valence-corrected chi connectivity index (χ4v) is 1.57. The van der Waals surface area contributed by atoms with Crippen molar-refractivity contribution in [2.45, 2.75) is 20.8 Å². The van der Waals surface area contributed by atoms with E-state index in [1.165, 1.54) is 6.92 Å². The van der Waals surface area contributed by atoms with E-state index in [1.54, 1.807) is 0 Å². The molecule has 1 unspecified atom stereocenters. The first-order valence-electron chi connectivity index (χ1n) is 3.77. The van der Waals surface area contributed by atoms with Gasteiger partial charge < -0.3 is 4.74 Å². The number of hydrogen-bond donors (Lipinski definition) is 0. The molecule has 0 N–H and O–H groups in total. The van der Waals surface area contributed by atoms with Crippen LogP contribution in [0.15, 0.2) is 0 Å². The van der Waals surface area contributed by atoms with Gasteiger partial charge in [0.15, 0.2) is 0 Å². The topological polar surface area (TPSA) is 26.3 Å². The number of hydrogen-bond acceptors (Lipinski definition) is 2. The van der Waals surface area contributed by atoms with Gasteiger partial charge in [0.2, 0.25) is 0 Å². The van der Waals surface area contributed by atoms with Crippen molar-refractivity contribution in [2.24, 2.45) is 11.8 Å². The fraction of sp³-hybridized carbons (Fsp3) is 0.875. The highest BCUT2D eigenvalue weighted by molar-refractivity contribution is 9.09. The molecule has 0 fully saturated rings. The molecule has 0 heterocycles. The minimum Gasteiger partial charge on any atom is -0.466 e. The van der Waals surface area contributed by atoms with Gasteiger partial charge in [-0.05, 0) is 5.92 Å². The molecule has 0 aliphatic carbocycles. The summed E-state index contributed by atoms with van der Waals surface area (Å²) in [6, 6.07) is 0. The molecule has 11 heavy (non-hydrogen) atoms. The molecule has 0 radical (unpaired) electrons. The second-order valence-electron chi connectivity index (χ2n) is 2.96. The van der Waals surface area contributed by atoms with Gasteiger partial charge in [0, 0.05) is 18.2 Å². The van der Waals surface area contributed by atoms with Gasteiger partial charge in [-0.15, -0.1) is 0 Å². The number of carbonyl (C=O) groups excluding carboxylic acids is 1. The number of esters is 1. The monoisotopic (exact) mass is 222 g/mol. The summed E-state index contributed by atoms with van der Waals surface area (Å²) in [7, 11) is 0. The molecule has 0 aromatic rings. The van der Waals surface area contributed by atoms with Crippen molar-refractivity contribution in [3.63, 3.8) is 0 Å². The smallest absolute Gasteiger partial charge is 0.302 e. The van der Waals surface area contributed by atoms with Gasteiger partial charge in [0.25, 0.3) is 0 Å². The Kier molecular flexibility index (Phi) is 5.56. The quantitative estimate of drug-likeness (QED) is 0.539. The number of carbonyl (C=O) groups is 1. The van der Waals surface area contributed by atoms with Crippen molar-refractivity contribution in [3.05, 3.63) is 0 Å². The molecule has 0 amide bonds. The molecule has 0 spiro atoms. The zero-order chi connectivity index (χ0) is 8.85. The highest BCUT2D eigenvalue weighted by atomic mass is 79.9. The number of halogens is 1. The van der Waals surface area contributed by atoms with E-state index >= 15 is 0 Å². The van der Waals surface area contributed by atoms with Crippen molar-refractivity contribution < 1.29 is 9.53 Å². The van der Waals surface area contributed by atoms with Crippen LogP contribution in [0.3, 0.4) is 0 Å². The van der Waals surface area contributed by atoms with E-state index in [1.807, 2.05) is 0 Å². The lowest BCUT2D eigenvalue weighted by Crippen LogP contribution is -2.18. The molecule has 3 heteroatoms. The molecule has 0 aliphatic heterocycles. The second kappa shape index (κ2) is 5.58. The maximum absolute atomic E-state index is 10.4. The highest BCUT2D eigenvalue weighted by Gasteiger charge is 2.12. The van der Waals surface area contributed by atoms with E-state index in [-0.39, 0.29) is 5.97 Å². The van der Waals surface area contributed by atoms with Crippen LogP contribution in [0.2, 0.25) is 0 Å². The molecule has 66 valence electrons. The molecule has 2 nitrogen and oxygen atoms in total. The Morgan fingerprint density at radius 1 is 1.55 bits per heavy atom. The molecular weight excluding hydrogens is 208 g/mol. The van der Waals surface area contributed by atoms with Crippen LogP contribution in [0.1, 0.15) is 20.8 Å². The Labute approximate surface area is 76.4 Å². The third-order valence-corrected chi connectivity index (χ3v) is 2.47. The normalized spacial score (nSPS) is 13.2. The number of rotatable bonds is 4. The van der Waals surface area contributed by atoms with Crippen LogP contribution in [-0.4, -0.2) is 17.9 Å². The SMILES string of the molecule is CC(=O)OCC(CBr)C(C)C. The largest absolute Gasteiger partial charge is 0.466 e. The summed E-state index contributed by atoms with van der Waals surface area (Å²) in [4.78, 5) is 10.4. The van der Waals surface area contributed by atoms with E-state index in [2.05, 4.69) is 29.8 Å². The second-order valence-corrected chi connectivity index (χ2v) is 3.61. The Bertz CT molecular complexity index is 123. The Hall–Kier alpha value is -0.0500. The first-order chi connectivity index (χ1) is 5.07. The van der Waals surface area contributed by atoms with Crippen molar-refractivity contribution in [1.29, 1.82) is 0 Å². The van der Waals surface area contributed by atoms with E-state index in [0.717, 1.165) is 5.33 Å². The predicted molar refractivity (Wildman–Crippen MR) is 48.8 cm³/mol. The van der Waals surface area contributed by atoms with Crippen LogP contribution in [0, 0.1) is 11.8 Å². The molecule has 0 saturated heterocycles. The van der Waals surface area contributed by atoms with Crippen molar-refractivity contribution in [2.75, 3.05) is 11.9 Å². The van der Waals surface area contributed by atoms with Crippen LogP contribution >= 0.6 is 15.9 Å². The van der Waals surface area contributed by atoms with Crippen molar-refractivity contribution in [1.82, 2.24) is 0 Å². The maximum atomic E-state index is 10.4. The van der Waals surface area contributed by atoms with E-state index in [4.69, 9.17) is 4.74 Å². The standard InChI is InChI=1S/C8H15BrO2/c1-6(2)8(4-9)5-11-7(3)10/h6,8H,4-5H2,1-3H3. The first-order valence-corrected chi connectivity index (χ1v) is 4.89. The lowest BCUT2D eigenvalue weighted by molar-refractivity contribution is -0.142. The predicted octanol–water partition coefficient (Wildman–Crippen LogP) is 2.22. The summed E-state index contributed by atoms with van der Waals surface area (Å²) in [6.45, 7) is 6.20. The van der Waals surface area contributed by atoms with Crippen LogP contribution in [0.5, 0.6) is 0 Å². The summed E-state index contributed by atoms with van der Waals surface area (Å²) in [5.74, 6) is 0.782. The zero-order valence-corrected chi connectivity index (χ0v) is 8.85. The van der Waals surface area contributed by atoms with Gasteiger partial charge in [0.05, 0.1) is 6.61 Å². The summed E-state index contributed by atoms with van der Waals surface area (Å²) in [5.41, 5.74) is 0. The Morgan fingerprint density at radius 3 is 2.36 bits per heavy atom. The van der Waals surface area contributed by atoms with Crippen molar-refractivity contribution >= 4 is 21.9 Å². The van der Waals surface area contributed by atoms with Gasteiger partial charge in [-0.3, -0.25) is 4.79 Å². The molecule has 0 aromatic carbocycles. The molecule has 0 aliphatic rings. The molecule has 0 aromatic heterocycles. The molecule has 0 rings (SSSR count). The summed E-state index contributed by atoms with van der Waals surface area (Å²) in [6.07, 6.45) is 0. The van der Waals surface area contributed by atoms with Gasteiger partial charge in [0.1, 0.15) is 0 Å². The summed E-state index contributed by atoms with van der Waals surface area (Å²) in [5, 5.41) is 0.887. The van der Waals surface area contributed by atoms with Crippen LogP contribution < -0.4 is 0 Å². The van der Waals surface area contributed by atoms with Gasteiger partial charge in [-0.25, -0.2) is 0 Å². The number of ether oxygens (including phenoxy) is 1. The van der Waals surface area contributed by atoms with Crippen LogP contribution in [0.25, 0.3) is 0 Å². The van der Waals surface area contributed by atoms with E-state index in [0.29, 0.717) is 18.4 Å². The third kappa shape index (κ3) is 5.24. The third-order valence-electron chi connectivity index (χ3n) is 1.64. The highest BCUT2D eigenvalue weighted by Crippen LogP contribution is 2.13. The summed E-state index contributed by atoms with van der Waals surface area (Å²) >= 11 is 3.38. The maximum Gasteiger partial charge on any atom is 0.302 e. The lowest BCUT2D eigenvalue weighted by atomic mass is 9.99. The summed E-state index contributed by atoms with van der Waals surface area (Å²) < 4.78 is 4.89. The molecule has 1 atom stereocenters. The van der Waals surface area contributed by atoms with Crippen LogP contribution in [-0.2, 0) is 9.53 Å². The van der Waals surface area contributed by atoms with E-state index < -0.39 is 0 Å². The van der Waals surface area contributed by atoms with Crippen molar-refractivity contribution in [3.8, 4) is 0 Å². The Balaban J connectivity index is 3.61. The molecule has 0 bridgehead atoms. The van der Waals surface area contributed by atoms with Gasteiger partial charge in [-0.1, -0.05) is 29.8 Å². The average molecular weight is 223 g/mol. The zero-order valence-electron chi connectivity index (χ0n) is 7.26. The van der Waals surface area contributed by atoms with E-state index in [9.17, 15) is 4.79 Å². The number of alkyl halides is 1. The fourth-order valence-electron chi connectivity index (χ4n) is 0.640. The lowest BCUT2D eigenvalue weighted by Gasteiger charge is -2.16. The molecule has 0 saturated carbocycles. The average Bonchev–Trinajstić information content (AvgIpc) is 1.87. The van der Waals surface area contributed by atoms with Gasteiger partial charge in [-0.2, -0.15) is 0 Å². The first kappa shape index (κ1) is 11.0. The van der Waals surface area contributed by atoms with Gasteiger partial charge >= 0.3 is 5.97 Å². The minimum absolute atomic E-state index is 0.198. The molecular formula is C8H15BrO2. The Morgan fingerprint density at radius 2 is 2.09 bits per heavy atom. The van der Waals surface area contributed by atoms with Crippen LogP contribution in [0.4, 0.5) is 0 Å². The minimum atomic E-state index is -0.198.